The zero-order chi connectivity index (χ0) is 12.8. The molecule has 0 amide bonds. The Morgan fingerprint density at radius 2 is 2.24 bits per heavy atom. The van der Waals surface area contributed by atoms with Crippen LogP contribution in [-0.2, 0) is 9.53 Å². The van der Waals surface area contributed by atoms with Crippen LogP contribution in [0.25, 0.3) is 0 Å². The molecule has 0 aliphatic heterocycles. The van der Waals surface area contributed by atoms with Crippen molar-refractivity contribution in [2.75, 3.05) is 6.61 Å². The van der Waals surface area contributed by atoms with Gasteiger partial charge in [0.05, 0.1) is 12.0 Å². The number of carbonyl (C=O) groups excluding carboxylic acids is 1. The maximum Gasteiger partial charge on any atom is 0.305 e. The molecule has 5 heteroatoms. The summed E-state index contributed by atoms with van der Waals surface area (Å²) < 4.78 is 17.6. The van der Waals surface area contributed by atoms with Gasteiger partial charge in [-0.1, -0.05) is 17.7 Å². The van der Waals surface area contributed by atoms with E-state index in [1.54, 1.807) is 6.92 Å². The van der Waals surface area contributed by atoms with E-state index < -0.39 is 11.2 Å². The molecular weight excluding hydrogens is 266 g/mol. The van der Waals surface area contributed by atoms with Crippen molar-refractivity contribution in [3.8, 4) is 0 Å². The largest absolute Gasteiger partial charge is 0.466 e. The van der Waals surface area contributed by atoms with Crippen molar-refractivity contribution in [3.63, 3.8) is 0 Å². The van der Waals surface area contributed by atoms with Crippen LogP contribution in [0.2, 0.25) is 5.02 Å². The monoisotopic (exact) mass is 278 g/mol. The zero-order valence-electron chi connectivity index (χ0n) is 9.38. The van der Waals surface area contributed by atoms with Crippen molar-refractivity contribution >= 4 is 29.2 Å². The van der Waals surface area contributed by atoms with E-state index in [0.717, 1.165) is 0 Å². The van der Waals surface area contributed by atoms with Gasteiger partial charge >= 0.3 is 5.97 Å². The van der Waals surface area contributed by atoms with Crippen molar-refractivity contribution in [1.29, 1.82) is 0 Å². The summed E-state index contributed by atoms with van der Waals surface area (Å²) in [7, 11) is 0. The Morgan fingerprint density at radius 3 is 2.82 bits per heavy atom. The number of carbonyl (C=O) groups is 1. The van der Waals surface area contributed by atoms with Crippen LogP contribution in [0, 0.1) is 5.82 Å². The second kappa shape index (κ2) is 6.82. The summed E-state index contributed by atoms with van der Waals surface area (Å²) in [5, 5.41) is -0.152. The minimum Gasteiger partial charge on any atom is -0.466 e. The van der Waals surface area contributed by atoms with E-state index in [9.17, 15) is 9.18 Å². The van der Waals surface area contributed by atoms with Crippen molar-refractivity contribution in [2.24, 2.45) is 0 Å². The van der Waals surface area contributed by atoms with Crippen molar-refractivity contribution in [1.82, 2.24) is 0 Å². The highest BCUT2D eigenvalue weighted by molar-refractivity contribution is 6.32. The molecule has 2 nitrogen and oxygen atoms in total. The topological polar surface area (TPSA) is 26.3 Å². The third-order valence-corrected chi connectivity index (χ3v) is 2.99. The van der Waals surface area contributed by atoms with E-state index >= 15 is 0 Å². The summed E-state index contributed by atoms with van der Waals surface area (Å²) in [6, 6.07) is 4.03. The van der Waals surface area contributed by atoms with Gasteiger partial charge in [0, 0.05) is 11.4 Å². The highest BCUT2D eigenvalue weighted by atomic mass is 35.5. The third-order valence-electron chi connectivity index (χ3n) is 2.21. The lowest BCUT2D eigenvalue weighted by atomic mass is 10.1. The molecular formula is C12H13Cl2FO2. The number of ether oxygens (including phenoxy) is 1. The summed E-state index contributed by atoms with van der Waals surface area (Å²) in [6.07, 6.45) is 0.626. The van der Waals surface area contributed by atoms with Crippen LogP contribution in [0.5, 0.6) is 0 Å². The fourth-order valence-electron chi connectivity index (χ4n) is 1.39. The average molecular weight is 279 g/mol. The van der Waals surface area contributed by atoms with Gasteiger partial charge in [0.15, 0.2) is 0 Å². The fraction of sp³-hybridized carbons (Fsp3) is 0.417. The minimum absolute atomic E-state index is 0.218. The van der Waals surface area contributed by atoms with E-state index in [4.69, 9.17) is 27.9 Å². The fourth-order valence-corrected chi connectivity index (χ4v) is 2.04. The van der Waals surface area contributed by atoms with Crippen molar-refractivity contribution < 1.29 is 13.9 Å². The van der Waals surface area contributed by atoms with Gasteiger partial charge in [-0.05, 0) is 31.0 Å². The molecule has 0 aliphatic rings. The molecule has 0 heterocycles. The van der Waals surface area contributed by atoms with E-state index in [2.05, 4.69) is 0 Å². The quantitative estimate of drug-likeness (QED) is 0.599. The van der Waals surface area contributed by atoms with Crippen LogP contribution in [0.4, 0.5) is 4.39 Å². The molecule has 0 aliphatic carbocycles. The van der Waals surface area contributed by atoms with Crippen LogP contribution in [0.15, 0.2) is 18.2 Å². The molecule has 0 saturated heterocycles. The van der Waals surface area contributed by atoms with E-state index in [0.29, 0.717) is 18.6 Å². The Morgan fingerprint density at radius 1 is 1.53 bits per heavy atom. The van der Waals surface area contributed by atoms with Gasteiger partial charge in [-0.3, -0.25) is 4.79 Å². The van der Waals surface area contributed by atoms with Crippen LogP contribution in [0.3, 0.4) is 0 Å². The molecule has 0 radical (unpaired) electrons. The smallest absolute Gasteiger partial charge is 0.305 e. The average Bonchev–Trinajstić information content (AvgIpc) is 2.26. The first kappa shape index (κ1) is 14.3. The second-order valence-corrected chi connectivity index (χ2v) is 4.41. The summed E-state index contributed by atoms with van der Waals surface area (Å²) in [5.74, 6) is -0.704. The summed E-state index contributed by atoms with van der Waals surface area (Å²) in [4.78, 5) is 11.1. The number of halogens is 3. The number of hydrogen-bond donors (Lipinski definition) is 0. The van der Waals surface area contributed by atoms with Gasteiger partial charge in [-0.25, -0.2) is 4.39 Å². The predicted molar refractivity (Wildman–Crippen MR) is 65.9 cm³/mol. The Bertz CT molecular complexity index is 396. The van der Waals surface area contributed by atoms with Gasteiger partial charge in [0.25, 0.3) is 0 Å². The number of benzene rings is 1. The number of alkyl halides is 1. The van der Waals surface area contributed by atoms with E-state index in [1.807, 2.05) is 0 Å². The first-order valence-corrected chi connectivity index (χ1v) is 6.10. The maximum atomic E-state index is 12.8. The summed E-state index contributed by atoms with van der Waals surface area (Å²) in [5.41, 5.74) is 0.624. The lowest BCUT2D eigenvalue weighted by molar-refractivity contribution is -0.143. The van der Waals surface area contributed by atoms with Crippen LogP contribution in [0.1, 0.15) is 30.7 Å². The first-order valence-electron chi connectivity index (χ1n) is 5.29. The third kappa shape index (κ3) is 4.52. The molecule has 1 unspecified atom stereocenters. The van der Waals surface area contributed by atoms with E-state index in [1.165, 1.54) is 18.2 Å². The first-order chi connectivity index (χ1) is 8.04. The Hall–Kier alpha value is -0.800. The molecule has 0 spiro atoms. The second-order valence-electron chi connectivity index (χ2n) is 3.48. The molecule has 0 saturated carbocycles. The number of hydrogen-bond acceptors (Lipinski definition) is 2. The Balaban J connectivity index is 2.57. The van der Waals surface area contributed by atoms with Gasteiger partial charge in [-0.15, -0.1) is 11.6 Å². The molecule has 0 fully saturated rings. The molecule has 1 aromatic rings. The highest BCUT2D eigenvalue weighted by Gasteiger charge is 2.14. The predicted octanol–water partition coefficient (Wildman–Crippen LogP) is 4.10. The van der Waals surface area contributed by atoms with Gasteiger partial charge in [0.1, 0.15) is 5.82 Å². The van der Waals surface area contributed by atoms with Gasteiger partial charge in [0.2, 0.25) is 0 Å². The summed E-state index contributed by atoms with van der Waals surface area (Å²) in [6.45, 7) is 2.09. The van der Waals surface area contributed by atoms with Crippen LogP contribution < -0.4 is 0 Å². The van der Waals surface area contributed by atoms with Gasteiger partial charge < -0.3 is 4.74 Å². The Kier molecular flexibility index (Phi) is 5.72. The van der Waals surface area contributed by atoms with Crippen molar-refractivity contribution in [2.45, 2.75) is 25.1 Å². The number of rotatable bonds is 5. The normalized spacial score (nSPS) is 12.2. The molecule has 0 N–H and O–H groups in total. The molecule has 1 aromatic carbocycles. The van der Waals surface area contributed by atoms with E-state index in [-0.39, 0.29) is 17.4 Å². The van der Waals surface area contributed by atoms with Crippen molar-refractivity contribution in [3.05, 3.63) is 34.6 Å². The summed E-state index contributed by atoms with van der Waals surface area (Å²) >= 11 is 12.0. The molecule has 94 valence electrons. The van der Waals surface area contributed by atoms with Crippen LogP contribution in [-0.4, -0.2) is 12.6 Å². The molecule has 1 atom stereocenters. The molecule has 0 aromatic heterocycles. The van der Waals surface area contributed by atoms with Gasteiger partial charge in [-0.2, -0.15) is 0 Å². The lowest BCUT2D eigenvalue weighted by Gasteiger charge is -2.11. The lowest BCUT2D eigenvalue weighted by Crippen LogP contribution is -2.05. The molecule has 0 bridgehead atoms. The molecule has 17 heavy (non-hydrogen) atoms. The Labute approximate surface area is 110 Å². The SMILES string of the molecule is CCOC(=O)CCC(Cl)c1ccc(F)cc1Cl. The number of esters is 1. The maximum absolute atomic E-state index is 12.8. The minimum atomic E-state index is -0.424. The highest BCUT2D eigenvalue weighted by Crippen LogP contribution is 2.31. The zero-order valence-corrected chi connectivity index (χ0v) is 10.9. The molecule has 1 rings (SSSR count). The standard InChI is InChI=1S/C12H13Cl2FO2/c1-2-17-12(16)6-5-10(13)9-4-3-8(15)7-11(9)14/h3-4,7,10H,2,5-6H2,1H3. The van der Waals surface area contributed by atoms with Crippen LogP contribution >= 0.6 is 23.2 Å².